The highest BCUT2D eigenvalue weighted by Crippen LogP contribution is 2.38. The number of hydrogen-bond donors (Lipinski definition) is 1. The number of aryl methyl sites for hydroxylation is 1. The number of halogens is 3. The topological polar surface area (TPSA) is 74.3 Å². The predicted octanol–water partition coefficient (Wildman–Crippen LogP) is 4.74. The van der Waals surface area contributed by atoms with Gasteiger partial charge in [-0.05, 0) is 62.4 Å². The van der Waals surface area contributed by atoms with Crippen molar-refractivity contribution in [3.05, 3.63) is 69.5 Å². The van der Waals surface area contributed by atoms with E-state index in [4.69, 9.17) is 10.5 Å². The van der Waals surface area contributed by atoms with Gasteiger partial charge in [-0.15, -0.1) is 0 Å². The van der Waals surface area contributed by atoms with Crippen molar-refractivity contribution in [2.24, 2.45) is 5.73 Å². The zero-order valence-corrected chi connectivity index (χ0v) is 16.8. The van der Waals surface area contributed by atoms with Gasteiger partial charge in [0.25, 0.3) is 5.91 Å². The molecule has 5 nitrogen and oxygen atoms in total. The molecule has 1 fully saturated rings. The second-order valence-corrected chi connectivity index (χ2v) is 7.78. The van der Waals surface area contributed by atoms with E-state index in [1.165, 1.54) is 22.8 Å². The van der Waals surface area contributed by atoms with Crippen molar-refractivity contribution >= 4 is 16.8 Å². The van der Waals surface area contributed by atoms with Gasteiger partial charge < -0.3 is 15.0 Å². The Morgan fingerprint density at radius 3 is 2.52 bits per heavy atom. The van der Waals surface area contributed by atoms with Crippen LogP contribution in [0.15, 0.2) is 47.4 Å². The number of nitrogens with zero attached hydrogens (tertiary/aromatic N) is 1. The zero-order valence-electron chi connectivity index (χ0n) is 16.8. The summed E-state index contributed by atoms with van der Waals surface area (Å²) in [6.45, 7) is 1.65. The molecule has 4 rings (SSSR count). The summed E-state index contributed by atoms with van der Waals surface area (Å²) in [7, 11) is 0. The standard InChI is InChI=1S/C23H21F3N2O3/c1-13-5-4-8-19-20(13)21(29)16(22(27)30)12-28(19)18-10-9-15(11-17(18)23(24,25)26)31-14-6-2-3-7-14/h4-5,8-12,14H,2-3,6-7H2,1H3,(H2,27,30). The average Bonchev–Trinajstić information content (AvgIpc) is 3.20. The molecule has 1 saturated carbocycles. The number of aromatic nitrogens is 1. The van der Waals surface area contributed by atoms with Crippen LogP contribution in [-0.4, -0.2) is 16.6 Å². The average molecular weight is 430 g/mol. The van der Waals surface area contributed by atoms with Gasteiger partial charge in [0.1, 0.15) is 11.3 Å². The highest BCUT2D eigenvalue weighted by molar-refractivity contribution is 5.97. The van der Waals surface area contributed by atoms with Gasteiger partial charge in [0, 0.05) is 11.6 Å². The molecule has 31 heavy (non-hydrogen) atoms. The molecule has 1 aromatic heterocycles. The van der Waals surface area contributed by atoms with Crippen LogP contribution in [0.2, 0.25) is 0 Å². The van der Waals surface area contributed by atoms with Crippen molar-refractivity contribution in [3.8, 4) is 11.4 Å². The molecule has 8 heteroatoms. The number of hydrogen-bond acceptors (Lipinski definition) is 3. The second-order valence-electron chi connectivity index (χ2n) is 7.78. The fourth-order valence-electron chi connectivity index (χ4n) is 4.14. The molecule has 1 aliphatic rings. The second kappa shape index (κ2) is 7.76. The number of rotatable bonds is 4. The normalized spacial score (nSPS) is 14.8. The summed E-state index contributed by atoms with van der Waals surface area (Å²) < 4.78 is 49.0. The van der Waals surface area contributed by atoms with Crippen LogP contribution >= 0.6 is 0 Å². The minimum absolute atomic E-state index is 0.0933. The molecule has 0 unspecified atom stereocenters. The SMILES string of the molecule is Cc1cccc2c1c(=O)c(C(N)=O)cn2-c1ccc(OC2CCCC2)cc1C(F)(F)F. The molecule has 2 aromatic carbocycles. The van der Waals surface area contributed by atoms with Crippen molar-refractivity contribution in [1.29, 1.82) is 0 Å². The number of primary amides is 1. The van der Waals surface area contributed by atoms with Gasteiger partial charge in [-0.3, -0.25) is 9.59 Å². The summed E-state index contributed by atoms with van der Waals surface area (Å²) in [6.07, 6.45) is -0.0839. The third kappa shape index (κ3) is 3.89. The smallest absolute Gasteiger partial charge is 0.418 e. The van der Waals surface area contributed by atoms with Gasteiger partial charge in [-0.1, -0.05) is 12.1 Å². The molecular weight excluding hydrogens is 409 g/mol. The fourth-order valence-corrected chi connectivity index (χ4v) is 4.14. The molecule has 0 bridgehead atoms. The molecular formula is C23H21F3N2O3. The minimum atomic E-state index is -4.68. The van der Waals surface area contributed by atoms with Gasteiger partial charge >= 0.3 is 6.18 Å². The molecule has 0 radical (unpaired) electrons. The Hall–Kier alpha value is -3.29. The molecule has 3 aromatic rings. The Morgan fingerprint density at radius 1 is 1.16 bits per heavy atom. The number of alkyl halides is 3. The maximum absolute atomic E-state index is 14.0. The van der Waals surface area contributed by atoms with Crippen LogP contribution in [0.1, 0.15) is 47.2 Å². The molecule has 0 spiro atoms. The first-order valence-electron chi connectivity index (χ1n) is 10.00. The Kier molecular flexibility index (Phi) is 5.24. The van der Waals surface area contributed by atoms with E-state index in [0.717, 1.165) is 37.9 Å². The van der Waals surface area contributed by atoms with Crippen LogP contribution in [-0.2, 0) is 6.18 Å². The molecule has 1 aliphatic carbocycles. The third-order valence-electron chi connectivity index (χ3n) is 5.64. The van der Waals surface area contributed by atoms with Crippen molar-refractivity contribution in [2.75, 3.05) is 0 Å². The van der Waals surface area contributed by atoms with E-state index < -0.39 is 23.1 Å². The molecule has 1 heterocycles. The Bertz CT molecular complexity index is 1230. The van der Waals surface area contributed by atoms with Gasteiger partial charge in [-0.25, -0.2) is 0 Å². The monoisotopic (exact) mass is 430 g/mol. The predicted molar refractivity (Wildman–Crippen MR) is 111 cm³/mol. The van der Waals surface area contributed by atoms with Crippen LogP contribution in [0.5, 0.6) is 5.75 Å². The number of pyridine rings is 1. The number of amides is 1. The third-order valence-corrected chi connectivity index (χ3v) is 5.64. The maximum atomic E-state index is 14.0. The zero-order chi connectivity index (χ0) is 22.3. The highest BCUT2D eigenvalue weighted by atomic mass is 19.4. The summed E-state index contributed by atoms with van der Waals surface area (Å²) in [5, 5.41) is 0.151. The van der Waals surface area contributed by atoms with Gasteiger partial charge in [0.15, 0.2) is 0 Å². The maximum Gasteiger partial charge on any atom is 0.418 e. The molecule has 2 N–H and O–H groups in total. The van der Waals surface area contributed by atoms with E-state index in [0.29, 0.717) is 5.56 Å². The summed E-state index contributed by atoms with van der Waals surface area (Å²) in [6, 6.07) is 8.58. The molecule has 0 saturated heterocycles. The van der Waals surface area contributed by atoms with E-state index in [2.05, 4.69) is 0 Å². The lowest BCUT2D eigenvalue weighted by molar-refractivity contribution is -0.137. The lowest BCUT2D eigenvalue weighted by atomic mass is 10.0. The first kappa shape index (κ1) is 21.0. The fraction of sp³-hybridized carbons (Fsp3) is 0.304. The van der Waals surface area contributed by atoms with Crippen LogP contribution in [0.4, 0.5) is 13.2 Å². The molecule has 0 aliphatic heterocycles. The quantitative estimate of drug-likeness (QED) is 0.650. The van der Waals surface area contributed by atoms with Gasteiger partial charge in [0.2, 0.25) is 5.43 Å². The largest absolute Gasteiger partial charge is 0.490 e. The molecule has 0 atom stereocenters. The first-order chi connectivity index (χ1) is 14.7. The van der Waals surface area contributed by atoms with E-state index in [9.17, 15) is 22.8 Å². The van der Waals surface area contributed by atoms with Crippen LogP contribution in [0.3, 0.4) is 0 Å². The van der Waals surface area contributed by atoms with Crippen molar-refractivity contribution in [2.45, 2.75) is 44.9 Å². The number of fused-ring (bicyclic) bond motifs is 1. The minimum Gasteiger partial charge on any atom is -0.490 e. The Morgan fingerprint density at radius 2 is 1.87 bits per heavy atom. The summed E-state index contributed by atoms with van der Waals surface area (Å²) in [4.78, 5) is 24.6. The van der Waals surface area contributed by atoms with Crippen LogP contribution in [0, 0.1) is 6.92 Å². The van der Waals surface area contributed by atoms with E-state index >= 15 is 0 Å². The highest BCUT2D eigenvalue weighted by Gasteiger charge is 2.35. The van der Waals surface area contributed by atoms with Crippen LogP contribution in [0.25, 0.3) is 16.6 Å². The van der Waals surface area contributed by atoms with Crippen molar-refractivity contribution in [1.82, 2.24) is 4.57 Å². The van der Waals surface area contributed by atoms with Gasteiger partial charge in [-0.2, -0.15) is 13.2 Å². The lowest BCUT2D eigenvalue weighted by Gasteiger charge is -2.20. The Labute approximate surface area is 176 Å². The summed E-state index contributed by atoms with van der Waals surface area (Å²) in [5.74, 6) is -0.863. The summed E-state index contributed by atoms with van der Waals surface area (Å²) >= 11 is 0. The van der Waals surface area contributed by atoms with E-state index in [-0.39, 0.29) is 34.0 Å². The van der Waals surface area contributed by atoms with Crippen LogP contribution < -0.4 is 15.9 Å². The van der Waals surface area contributed by atoms with E-state index in [1.54, 1.807) is 19.1 Å². The Balaban J connectivity index is 1.97. The molecule has 162 valence electrons. The number of carbonyl (C=O) groups excluding carboxylic acids is 1. The van der Waals surface area contributed by atoms with Gasteiger partial charge in [0.05, 0.1) is 22.9 Å². The summed E-state index contributed by atoms with van der Waals surface area (Å²) in [5.41, 5.74) is 4.02. The van der Waals surface area contributed by atoms with E-state index in [1.807, 2.05) is 0 Å². The number of carbonyl (C=O) groups is 1. The molecule has 1 amide bonds. The van der Waals surface area contributed by atoms with Crippen molar-refractivity contribution < 1.29 is 22.7 Å². The lowest BCUT2D eigenvalue weighted by Crippen LogP contribution is -2.25. The number of benzene rings is 2. The first-order valence-corrected chi connectivity index (χ1v) is 10.00. The number of ether oxygens (including phenoxy) is 1. The van der Waals surface area contributed by atoms with Crippen molar-refractivity contribution in [3.63, 3.8) is 0 Å². The number of nitrogens with two attached hydrogens (primary N) is 1.